The summed E-state index contributed by atoms with van der Waals surface area (Å²) in [5.74, 6) is 0.358. The minimum absolute atomic E-state index is 0.264. The van der Waals surface area contributed by atoms with Crippen LogP contribution in [-0.4, -0.2) is 27.5 Å². The first-order valence-corrected chi connectivity index (χ1v) is 7.19. The standard InChI is InChI=1S/C15H18ClN3O2/c1-2-15(21,11-4-3-5-12(16)10-11)14(20)19-7-6-13-17-8-9-18-13/h3-5,8-10,21H,2,6-7H2,1H3,(H,17,18)(H,19,20)/t15-/m1/s1. The molecule has 0 aliphatic rings. The third-order valence-corrected chi connectivity index (χ3v) is 3.63. The number of aliphatic hydroxyl groups is 1. The number of aromatic amines is 1. The van der Waals surface area contributed by atoms with E-state index in [2.05, 4.69) is 15.3 Å². The van der Waals surface area contributed by atoms with Gasteiger partial charge in [-0.05, 0) is 24.1 Å². The Morgan fingerprint density at radius 3 is 2.95 bits per heavy atom. The average Bonchev–Trinajstić information content (AvgIpc) is 2.99. The van der Waals surface area contributed by atoms with Crippen LogP contribution < -0.4 is 5.32 Å². The number of H-pyrrole nitrogens is 1. The molecule has 6 heteroatoms. The largest absolute Gasteiger partial charge is 0.375 e. The van der Waals surface area contributed by atoms with E-state index < -0.39 is 11.5 Å². The summed E-state index contributed by atoms with van der Waals surface area (Å²) < 4.78 is 0. The highest BCUT2D eigenvalue weighted by Crippen LogP contribution is 2.27. The van der Waals surface area contributed by atoms with Gasteiger partial charge in [0, 0.05) is 30.4 Å². The fourth-order valence-corrected chi connectivity index (χ4v) is 2.31. The third kappa shape index (κ3) is 3.62. The molecule has 112 valence electrons. The Hall–Kier alpha value is -1.85. The van der Waals surface area contributed by atoms with E-state index in [1.54, 1.807) is 43.6 Å². The van der Waals surface area contributed by atoms with Gasteiger partial charge < -0.3 is 15.4 Å². The Bertz CT molecular complexity index is 601. The molecular weight excluding hydrogens is 290 g/mol. The Morgan fingerprint density at radius 2 is 2.33 bits per heavy atom. The molecule has 1 amide bonds. The lowest BCUT2D eigenvalue weighted by molar-refractivity contribution is -0.141. The highest BCUT2D eigenvalue weighted by atomic mass is 35.5. The van der Waals surface area contributed by atoms with E-state index in [0.717, 1.165) is 5.82 Å². The van der Waals surface area contributed by atoms with Crippen LogP contribution in [0.2, 0.25) is 5.02 Å². The van der Waals surface area contributed by atoms with E-state index >= 15 is 0 Å². The summed E-state index contributed by atoms with van der Waals surface area (Å²) in [6.07, 6.45) is 4.23. The maximum absolute atomic E-state index is 12.3. The fourth-order valence-electron chi connectivity index (χ4n) is 2.12. The molecule has 0 radical (unpaired) electrons. The molecule has 0 saturated carbocycles. The SMILES string of the molecule is CC[C@](O)(C(=O)NCCc1ncc[nH]1)c1cccc(Cl)c1. The summed E-state index contributed by atoms with van der Waals surface area (Å²) in [4.78, 5) is 19.3. The second kappa shape index (κ2) is 6.74. The zero-order valence-electron chi connectivity index (χ0n) is 11.8. The van der Waals surface area contributed by atoms with E-state index in [-0.39, 0.29) is 6.42 Å². The van der Waals surface area contributed by atoms with Crippen molar-refractivity contribution in [3.8, 4) is 0 Å². The Kier molecular flexibility index (Phi) is 4.98. The molecule has 2 rings (SSSR count). The van der Waals surface area contributed by atoms with Gasteiger partial charge in [0.15, 0.2) is 5.60 Å². The van der Waals surface area contributed by atoms with Gasteiger partial charge in [0.25, 0.3) is 5.91 Å². The lowest BCUT2D eigenvalue weighted by atomic mass is 9.90. The lowest BCUT2D eigenvalue weighted by Gasteiger charge is -2.26. The highest BCUT2D eigenvalue weighted by molar-refractivity contribution is 6.30. The van der Waals surface area contributed by atoms with E-state index in [1.165, 1.54) is 0 Å². The van der Waals surface area contributed by atoms with Crippen LogP contribution in [0, 0.1) is 0 Å². The number of halogens is 1. The molecule has 21 heavy (non-hydrogen) atoms. The van der Waals surface area contributed by atoms with E-state index in [4.69, 9.17) is 11.6 Å². The van der Waals surface area contributed by atoms with Crippen molar-refractivity contribution in [2.45, 2.75) is 25.4 Å². The van der Waals surface area contributed by atoms with Crippen molar-refractivity contribution in [2.24, 2.45) is 0 Å². The Morgan fingerprint density at radius 1 is 1.52 bits per heavy atom. The number of hydrogen-bond donors (Lipinski definition) is 3. The smallest absolute Gasteiger partial charge is 0.256 e. The Balaban J connectivity index is 2.03. The first kappa shape index (κ1) is 15.5. The van der Waals surface area contributed by atoms with Gasteiger partial charge >= 0.3 is 0 Å². The molecule has 0 aliphatic heterocycles. The number of benzene rings is 1. The number of nitrogens with one attached hydrogen (secondary N) is 2. The second-order valence-corrected chi connectivity index (χ2v) is 5.20. The molecule has 1 aromatic heterocycles. The van der Waals surface area contributed by atoms with Gasteiger partial charge in [-0.2, -0.15) is 0 Å². The van der Waals surface area contributed by atoms with Crippen LogP contribution in [0.3, 0.4) is 0 Å². The summed E-state index contributed by atoms with van der Waals surface area (Å²) in [5, 5.41) is 13.9. The van der Waals surface area contributed by atoms with Crippen LogP contribution in [0.1, 0.15) is 24.7 Å². The molecule has 0 spiro atoms. The molecule has 5 nitrogen and oxygen atoms in total. The molecule has 3 N–H and O–H groups in total. The van der Waals surface area contributed by atoms with E-state index in [1.807, 2.05) is 0 Å². The number of rotatable bonds is 6. The molecule has 0 bridgehead atoms. The van der Waals surface area contributed by atoms with Gasteiger partial charge in [0.1, 0.15) is 5.82 Å². The molecule has 1 heterocycles. The highest BCUT2D eigenvalue weighted by Gasteiger charge is 2.35. The first-order chi connectivity index (χ1) is 10.1. The van der Waals surface area contributed by atoms with Gasteiger partial charge in [-0.15, -0.1) is 0 Å². The number of imidazole rings is 1. The predicted octanol–water partition coefficient (Wildman–Crippen LogP) is 2.02. The number of aromatic nitrogens is 2. The minimum Gasteiger partial charge on any atom is -0.375 e. The topological polar surface area (TPSA) is 78.0 Å². The average molecular weight is 308 g/mol. The summed E-state index contributed by atoms with van der Waals surface area (Å²) in [6, 6.07) is 6.73. The van der Waals surface area contributed by atoms with Crippen LogP contribution >= 0.6 is 11.6 Å². The van der Waals surface area contributed by atoms with Crippen LogP contribution in [0.25, 0.3) is 0 Å². The molecule has 0 unspecified atom stereocenters. The van der Waals surface area contributed by atoms with Crippen molar-refractivity contribution in [3.05, 3.63) is 53.1 Å². The van der Waals surface area contributed by atoms with Crippen molar-refractivity contribution < 1.29 is 9.90 Å². The molecule has 1 aromatic carbocycles. The number of carbonyl (C=O) groups is 1. The quantitative estimate of drug-likeness (QED) is 0.764. The number of amides is 1. The maximum atomic E-state index is 12.3. The van der Waals surface area contributed by atoms with Gasteiger partial charge in [-0.1, -0.05) is 30.7 Å². The van der Waals surface area contributed by atoms with E-state index in [9.17, 15) is 9.90 Å². The number of carbonyl (C=O) groups excluding carboxylic acids is 1. The van der Waals surface area contributed by atoms with Crippen LogP contribution in [-0.2, 0) is 16.8 Å². The normalized spacial score (nSPS) is 13.7. The van der Waals surface area contributed by atoms with Crippen molar-refractivity contribution in [1.29, 1.82) is 0 Å². The summed E-state index contributed by atoms with van der Waals surface area (Å²) in [6.45, 7) is 2.15. The number of hydrogen-bond acceptors (Lipinski definition) is 3. The van der Waals surface area contributed by atoms with Crippen molar-refractivity contribution in [2.75, 3.05) is 6.54 Å². The maximum Gasteiger partial charge on any atom is 0.256 e. The van der Waals surface area contributed by atoms with Crippen LogP contribution in [0.15, 0.2) is 36.7 Å². The van der Waals surface area contributed by atoms with Gasteiger partial charge in [0.05, 0.1) is 0 Å². The molecular formula is C15H18ClN3O2. The summed E-state index contributed by atoms with van der Waals surface area (Å²) in [5.41, 5.74) is -1.08. The van der Waals surface area contributed by atoms with Gasteiger partial charge in [0.2, 0.25) is 0 Å². The number of nitrogens with zero attached hydrogens (tertiary/aromatic N) is 1. The summed E-state index contributed by atoms with van der Waals surface area (Å²) >= 11 is 5.93. The van der Waals surface area contributed by atoms with Crippen molar-refractivity contribution >= 4 is 17.5 Å². The third-order valence-electron chi connectivity index (χ3n) is 3.39. The minimum atomic E-state index is -1.58. The first-order valence-electron chi connectivity index (χ1n) is 6.81. The molecule has 1 atom stereocenters. The molecule has 0 saturated heterocycles. The zero-order chi connectivity index (χ0) is 15.3. The molecule has 2 aromatic rings. The van der Waals surface area contributed by atoms with E-state index in [0.29, 0.717) is 23.6 Å². The fraction of sp³-hybridized carbons (Fsp3) is 0.333. The monoisotopic (exact) mass is 307 g/mol. The van der Waals surface area contributed by atoms with Crippen molar-refractivity contribution in [1.82, 2.24) is 15.3 Å². The second-order valence-electron chi connectivity index (χ2n) is 4.77. The van der Waals surface area contributed by atoms with Gasteiger partial charge in [-0.25, -0.2) is 4.98 Å². The van der Waals surface area contributed by atoms with Crippen LogP contribution in [0.4, 0.5) is 0 Å². The zero-order valence-corrected chi connectivity index (χ0v) is 12.5. The molecule has 0 aliphatic carbocycles. The Labute approximate surface area is 128 Å². The lowest BCUT2D eigenvalue weighted by Crippen LogP contribution is -2.44. The molecule has 0 fully saturated rings. The van der Waals surface area contributed by atoms with Gasteiger partial charge in [-0.3, -0.25) is 4.79 Å². The van der Waals surface area contributed by atoms with Crippen molar-refractivity contribution in [3.63, 3.8) is 0 Å². The summed E-state index contributed by atoms with van der Waals surface area (Å²) in [7, 11) is 0. The van der Waals surface area contributed by atoms with Crippen LogP contribution in [0.5, 0.6) is 0 Å². The predicted molar refractivity (Wildman–Crippen MR) is 80.9 cm³/mol.